The van der Waals surface area contributed by atoms with E-state index in [4.69, 9.17) is 14.2 Å². The quantitative estimate of drug-likeness (QED) is 0.785. The van der Waals surface area contributed by atoms with Gasteiger partial charge in [-0.15, -0.1) is 0 Å². The molecular weight excluding hydrogens is 216 g/mol. The molecule has 0 radical (unpaired) electrons. The van der Waals surface area contributed by atoms with E-state index in [1.807, 2.05) is 6.07 Å². The Bertz CT molecular complexity index is 416. The Kier molecular flexibility index (Phi) is 2.71. The van der Waals surface area contributed by atoms with Gasteiger partial charge < -0.3 is 14.2 Å². The molecule has 0 aromatic heterocycles. The van der Waals surface area contributed by atoms with Crippen molar-refractivity contribution in [2.75, 3.05) is 6.79 Å². The van der Waals surface area contributed by atoms with Crippen LogP contribution in [0.5, 0.6) is 11.5 Å². The number of hydrogen-bond acceptors (Lipinski definition) is 3. The second kappa shape index (κ2) is 4.22. The molecule has 1 aromatic carbocycles. The summed E-state index contributed by atoms with van der Waals surface area (Å²) in [5.41, 5.74) is 1.21. The second-order valence-corrected chi connectivity index (χ2v) is 4.90. The maximum absolute atomic E-state index is 6.07. The maximum Gasteiger partial charge on any atom is 0.231 e. The van der Waals surface area contributed by atoms with Crippen molar-refractivity contribution in [2.45, 2.75) is 38.9 Å². The molecule has 2 aliphatic heterocycles. The Morgan fingerprint density at radius 1 is 1.24 bits per heavy atom. The van der Waals surface area contributed by atoms with Gasteiger partial charge in [-0.3, -0.25) is 0 Å². The average Bonchev–Trinajstić information content (AvgIpc) is 2.93. The van der Waals surface area contributed by atoms with Gasteiger partial charge in [-0.25, -0.2) is 0 Å². The van der Waals surface area contributed by atoms with Gasteiger partial charge in [0.15, 0.2) is 11.5 Å². The maximum atomic E-state index is 6.07. The lowest BCUT2D eigenvalue weighted by atomic mass is 9.97. The van der Waals surface area contributed by atoms with Gasteiger partial charge in [-0.2, -0.15) is 0 Å². The Morgan fingerprint density at radius 3 is 2.82 bits per heavy atom. The molecule has 92 valence electrons. The highest BCUT2D eigenvalue weighted by molar-refractivity contribution is 5.45. The Balaban J connectivity index is 1.81. The zero-order valence-electron chi connectivity index (χ0n) is 10.3. The summed E-state index contributed by atoms with van der Waals surface area (Å²) in [4.78, 5) is 0. The SMILES string of the molecule is CCC1OC(c2ccc3c(c2)OCO3)CC1C. The van der Waals surface area contributed by atoms with Crippen LogP contribution in [0.4, 0.5) is 0 Å². The van der Waals surface area contributed by atoms with Crippen molar-refractivity contribution in [3.8, 4) is 11.5 Å². The van der Waals surface area contributed by atoms with Gasteiger partial charge in [0.1, 0.15) is 0 Å². The molecule has 0 saturated carbocycles. The smallest absolute Gasteiger partial charge is 0.231 e. The van der Waals surface area contributed by atoms with Gasteiger partial charge in [0.2, 0.25) is 6.79 Å². The highest BCUT2D eigenvalue weighted by atomic mass is 16.7. The minimum atomic E-state index is 0.212. The summed E-state index contributed by atoms with van der Waals surface area (Å²) < 4.78 is 16.8. The van der Waals surface area contributed by atoms with Crippen LogP contribution in [0, 0.1) is 5.92 Å². The monoisotopic (exact) mass is 234 g/mol. The first-order chi connectivity index (χ1) is 8.28. The summed E-state index contributed by atoms with van der Waals surface area (Å²) in [6.07, 6.45) is 2.79. The van der Waals surface area contributed by atoms with E-state index in [1.54, 1.807) is 0 Å². The van der Waals surface area contributed by atoms with Crippen molar-refractivity contribution in [1.29, 1.82) is 0 Å². The predicted molar refractivity (Wildman–Crippen MR) is 64.3 cm³/mol. The molecule has 0 spiro atoms. The zero-order valence-corrected chi connectivity index (χ0v) is 10.3. The van der Waals surface area contributed by atoms with Gasteiger partial charge >= 0.3 is 0 Å². The fraction of sp³-hybridized carbons (Fsp3) is 0.571. The molecule has 1 saturated heterocycles. The van der Waals surface area contributed by atoms with E-state index in [1.165, 1.54) is 5.56 Å². The lowest BCUT2D eigenvalue weighted by Crippen LogP contribution is -2.10. The molecular formula is C14H18O3. The van der Waals surface area contributed by atoms with Crippen molar-refractivity contribution in [1.82, 2.24) is 0 Å². The lowest BCUT2D eigenvalue weighted by molar-refractivity contribution is 0.0335. The van der Waals surface area contributed by atoms with Crippen LogP contribution in [-0.2, 0) is 4.74 Å². The molecule has 3 rings (SSSR count). The number of ether oxygens (including phenoxy) is 3. The number of hydrogen-bond donors (Lipinski definition) is 0. The number of rotatable bonds is 2. The first kappa shape index (κ1) is 10.9. The van der Waals surface area contributed by atoms with Crippen molar-refractivity contribution < 1.29 is 14.2 Å². The van der Waals surface area contributed by atoms with E-state index < -0.39 is 0 Å². The Hall–Kier alpha value is -1.22. The van der Waals surface area contributed by atoms with Crippen molar-refractivity contribution >= 4 is 0 Å². The standard InChI is InChI=1S/C14H18O3/c1-3-11-9(2)6-13(17-11)10-4-5-12-14(7-10)16-8-15-12/h4-5,7,9,11,13H,3,6,8H2,1-2H3. The van der Waals surface area contributed by atoms with E-state index in [2.05, 4.69) is 26.0 Å². The highest BCUT2D eigenvalue weighted by Gasteiger charge is 2.32. The molecule has 17 heavy (non-hydrogen) atoms. The fourth-order valence-corrected chi connectivity index (χ4v) is 2.72. The molecule has 1 fully saturated rings. The lowest BCUT2D eigenvalue weighted by Gasteiger charge is -2.13. The molecule has 1 aromatic rings. The first-order valence-corrected chi connectivity index (χ1v) is 6.33. The van der Waals surface area contributed by atoms with Crippen molar-refractivity contribution in [2.24, 2.45) is 5.92 Å². The normalized spacial score (nSPS) is 30.8. The van der Waals surface area contributed by atoms with Crippen LogP contribution in [0.1, 0.15) is 38.4 Å². The summed E-state index contributed by atoms with van der Waals surface area (Å²) in [5.74, 6) is 2.32. The molecule has 0 bridgehead atoms. The third kappa shape index (κ3) is 1.89. The fourth-order valence-electron chi connectivity index (χ4n) is 2.72. The van der Waals surface area contributed by atoms with Crippen LogP contribution in [0.25, 0.3) is 0 Å². The molecule has 2 heterocycles. The molecule has 0 amide bonds. The summed E-state index contributed by atoms with van der Waals surface area (Å²) in [6, 6.07) is 6.12. The topological polar surface area (TPSA) is 27.7 Å². The van der Waals surface area contributed by atoms with Gasteiger partial charge in [-0.1, -0.05) is 19.9 Å². The second-order valence-electron chi connectivity index (χ2n) is 4.90. The van der Waals surface area contributed by atoms with E-state index in [9.17, 15) is 0 Å². The molecule has 0 N–H and O–H groups in total. The minimum Gasteiger partial charge on any atom is -0.454 e. The molecule has 0 aliphatic carbocycles. The van der Waals surface area contributed by atoms with Gasteiger partial charge in [0, 0.05) is 0 Å². The minimum absolute atomic E-state index is 0.212. The predicted octanol–water partition coefficient (Wildman–Crippen LogP) is 3.29. The molecule has 3 unspecified atom stereocenters. The van der Waals surface area contributed by atoms with Crippen LogP contribution in [0.3, 0.4) is 0 Å². The summed E-state index contributed by atoms with van der Waals surface area (Å²) in [7, 11) is 0. The third-order valence-corrected chi connectivity index (χ3v) is 3.73. The summed E-state index contributed by atoms with van der Waals surface area (Å²) >= 11 is 0. The Labute approximate surface area is 102 Å². The van der Waals surface area contributed by atoms with E-state index in [-0.39, 0.29) is 6.10 Å². The number of benzene rings is 1. The number of fused-ring (bicyclic) bond motifs is 1. The van der Waals surface area contributed by atoms with Crippen LogP contribution < -0.4 is 9.47 Å². The Morgan fingerprint density at radius 2 is 2.06 bits per heavy atom. The van der Waals surface area contributed by atoms with Crippen LogP contribution in [0.15, 0.2) is 18.2 Å². The zero-order chi connectivity index (χ0) is 11.8. The van der Waals surface area contributed by atoms with E-state index in [0.29, 0.717) is 18.8 Å². The van der Waals surface area contributed by atoms with Gasteiger partial charge in [0.25, 0.3) is 0 Å². The van der Waals surface area contributed by atoms with Crippen LogP contribution in [-0.4, -0.2) is 12.9 Å². The van der Waals surface area contributed by atoms with Gasteiger partial charge in [-0.05, 0) is 36.5 Å². The van der Waals surface area contributed by atoms with E-state index in [0.717, 1.165) is 24.3 Å². The van der Waals surface area contributed by atoms with Crippen LogP contribution >= 0.6 is 0 Å². The first-order valence-electron chi connectivity index (χ1n) is 6.33. The summed E-state index contributed by atoms with van der Waals surface area (Å²) in [5, 5.41) is 0. The van der Waals surface area contributed by atoms with Crippen LogP contribution in [0.2, 0.25) is 0 Å². The largest absolute Gasteiger partial charge is 0.454 e. The molecule has 3 nitrogen and oxygen atoms in total. The molecule has 3 atom stereocenters. The molecule has 3 heteroatoms. The van der Waals surface area contributed by atoms with Crippen molar-refractivity contribution in [3.05, 3.63) is 23.8 Å². The molecule has 2 aliphatic rings. The van der Waals surface area contributed by atoms with E-state index >= 15 is 0 Å². The third-order valence-electron chi connectivity index (χ3n) is 3.73. The average molecular weight is 234 g/mol. The highest BCUT2D eigenvalue weighted by Crippen LogP contribution is 2.41. The van der Waals surface area contributed by atoms with Crippen molar-refractivity contribution in [3.63, 3.8) is 0 Å². The van der Waals surface area contributed by atoms with Gasteiger partial charge in [0.05, 0.1) is 12.2 Å². The summed E-state index contributed by atoms with van der Waals surface area (Å²) in [6.45, 7) is 4.78.